The van der Waals surface area contributed by atoms with Crippen LogP contribution in [0.1, 0.15) is 5.82 Å². The Morgan fingerprint density at radius 1 is 1.19 bits per heavy atom. The molecule has 142 valence electrons. The number of hydrogen-bond donors (Lipinski definition) is 0. The summed E-state index contributed by atoms with van der Waals surface area (Å²) in [6, 6.07) is 7.80. The Balaban J connectivity index is 1.69. The molecule has 1 aliphatic rings. The molecule has 4 rings (SSSR count). The number of thiophene rings is 1. The Bertz CT molecular complexity index is 988. The van der Waals surface area contributed by atoms with Crippen molar-refractivity contribution < 1.29 is 9.47 Å². The van der Waals surface area contributed by atoms with Gasteiger partial charge in [-0.2, -0.15) is 0 Å². The van der Waals surface area contributed by atoms with Gasteiger partial charge in [-0.1, -0.05) is 12.1 Å². The Hall–Kier alpha value is -2.22. The molecule has 0 atom stereocenters. The van der Waals surface area contributed by atoms with Crippen molar-refractivity contribution in [3.63, 3.8) is 0 Å². The fourth-order valence-electron chi connectivity index (χ4n) is 3.44. The van der Waals surface area contributed by atoms with Crippen LogP contribution in [-0.4, -0.2) is 54.4 Å². The van der Waals surface area contributed by atoms with Gasteiger partial charge in [0.1, 0.15) is 16.4 Å². The Morgan fingerprint density at radius 2 is 1.93 bits per heavy atom. The summed E-state index contributed by atoms with van der Waals surface area (Å²) in [5.74, 6) is 1.57. The number of aromatic nitrogens is 2. The second-order valence-corrected chi connectivity index (χ2v) is 7.49. The van der Waals surface area contributed by atoms with Crippen molar-refractivity contribution in [2.75, 3.05) is 40.0 Å². The van der Waals surface area contributed by atoms with Crippen molar-refractivity contribution in [2.45, 2.75) is 13.5 Å². The highest BCUT2D eigenvalue weighted by Gasteiger charge is 2.17. The first kappa shape index (κ1) is 18.2. The van der Waals surface area contributed by atoms with Crippen LogP contribution in [0.5, 0.6) is 5.75 Å². The number of fused-ring (bicyclic) bond motifs is 1. The summed E-state index contributed by atoms with van der Waals surface area (Å²) in [7, 11) is 1.65. The van der Waals surface area contributed by atoms with Crippen LogP contribution in [0.4, 0.5) is 0 Å². The molecule has 3 aromatic rings. The number of ether oxygens (including phenoxy) is 2. The number of hydrogen-bond acceptors (Lipinski definition) is 6. The van der Waals surface area contributed by atoms with E-state index in [0.29, 0.717) is 11.9 Å². The summed E-state index contributed by atoms with van der Waals surface area (Å²) in [6.07, 6.45) is 0. The van der Waals surface area contributed by atoms with Gasteiger partial charge in [-0.05, 0) is 24.6 Å². The lowest BCUT2D eigenvalue weighted by Crippen LogP contribution is -2.39. The molecule has 0 unspecified atom stereocenters. The lowest BCUT2D eigenvalue weighted by atomic mass is 10.1. The van der Waals surface area contributed by atoms with E-state index < -0.39 is 0 Å². The summed E-state index contributed by atoms with van der Waals surface area (Å²) in [6.45, 7) is 6.74. The molecule has 6 nitrogen and oxygen atoms in total. The van der Waals surface area contributed by atoms with Gasteiger partial charge in [0.15, 0.2) is 0 Å². The number of morpholine rings is 1. The SMILES string of the molecule is COc1ccc(-c2csc3nc(C)n(CCN4CCOCC4)c(=O)c23)cc1. The van der Waals surface area contributed by atoms with Crippen molar-refractivity contribution in [1.29, 1.82) is 0 Å². The summed E-state index contributed by atoms with van der Waals surface area (Å²) < 4.78 is 12.4. The van der Waals surface area contributed by atoms with Crippen molar-refractivity contribution in [2.24, 2.45) is 0 Å². The summed E-state index contributed by atoms with van der Waals surface area (Å²) in [5, 5.41) is 2.73. The molecule has 0 aliphatic carbocycles. The normalized spacial score (nSPS) is 15.3. The third kappa shape index (κ3) is 3.63. The zero-order valence-electron chi connectivity index (χ0n) is 15.6. The van der Waals surface area contributed by atoms with E-state index in [1.165, 1.54) is 11.3 Å². The van der Waals surface area contributed by atoms with Crippen LogP contribution < -0.4 is 10.3 Å². The molecule has 0 radical (unpaired) electrons. The highest BCUT2D eigenvalue weighted by molar-refractivity contribution is 7.17. The summed E-state index contributed by atoms with van der Waals surface area (Å²) in [4.78, 5) is 21.1. The van der Waals surface area contributed by atoms with Crippen LogP contribution in [0.2, 0.25) is 0 Å². The molecule has 1 fully saturated rings. The first-order valence-corrected chi connectivity index (χ1v) is 9.98. The van der Waals surface area contributed by atoms with E-state index in [-0.39, 0.29) is 5.56 Å². The molecule has 0 bridgehead atoms. The van der Waals surface area contributed by atoms with Gasteiger partial charge < -0.3 is 9.47 Å². The Morgan fingerprint density at radius 3 is 2.63 bits per heavy atom. The zero-order chi connectivity index (χ0) is 18.8. The minimum atomic E-state index is 0.0397. The average molecular weight is 385 g/mol. The van der Waals surface area contributed by atoms with Crippen molar-refractivity contribution in [3.8, 4) is 16.9 Å². The molecule has 0 amide bonds. The summed E-state index contributed by atoms with van der Waals surface area (Å²) in [5.41, 5.74) is 1.98. The van der Waals surface area contributed by atoms with E-state index in [9.17, 15) is 4.79 Å². The third-order valence-electron chi connectivity index (χ3n) is 5.03. The monoisotopic (exact) mass is 385 g/mol. The first-order valence-electron chi connectivity index (χ1n) is 9.10. The number of benzene rings is 1. The lowest BCUT2D eigenvalue weighted by Gasteiger charge is -2.26. The number of rotatable bonds is 5. The molecule has 2 aromatic heterocycles. The van der Waals surface area contributed by atoms with Gasteiger partial charge in [0.05, 0.1) is 25.7 Å². The predicted molar refractivity (Wildman–Crippen MR) is 108 cm³/mol. The van der Waals surface area contributed by atoms with E-state index in [1.54, 1.807) is 11.7 Å². The molecule has 1 aromatic carbocycles. The highest BCUT2D eigenvalue weighted by atomic mass is 32.1. The van der Waals surface area contributed by atoms with Gasteiger partial charge in [0.2, 0.25) is 0 Å². The number of aryl methyl sites for hydroxylation is 1. The van der Waals surface area contributed by atoms with Crippen LogP contribution in [0, 0.1) is 6.92 Å². The third-order valence-corrected chi connectivity index (χ3v) is 5.90. The standard InChI is InChI=1S/C20H23N3O3S/c1-14-21-19-18(17(13-27-19)15-3-5-16(25-2)6-4-15)20(24)23(14)8-7-22-9-11-26-12-10-22/h3-6,13H,7-12H2,1-2H3. The van der Waals surface area contributed by atoms with E-state index in [4.69, 9.17) is 14.5 Å². The van der Waals surface area contributed by atoms with E-state index in [1.807, 2.05) is 36.6 Å². The molecule has 7 heteroatoms. The van der Waals surface area contributed by atoms with Gasteiger partial charge in [0.25, 0.3) is 5.56 Å². The zero-order valence-corrected chi connectivity index (χ0v) is 16.4. The maximum absolute atomic E-state index is 13.3. The maximum Gasteiger partial charge on any atom is 0.262 e. The number of methoxy groups -OCH3 is 1. The molecule has 0 spiro atoms. The quantitative estimate of drug-likeness (QED) is 0.676. The molecular weight excluding hydrogens is 362 g/mol. The van der Waals surface area contributed by atoms with Gasteiger partial charge >= 0.3 is 0 Å². The minimum Gasteiger partial charge on any atom is -0.497 e. The smallest absolute Gasteiger partial charge is 0.262 e. The molecule has 1 aliphatic heterocycles. The molecule has 27 heavy (non-hydrogen) atoms. The topological polar surface area (TPSA) is 56.6 Å². The van der Waals surface area contributed by atoms with E-state index >= 15 is 0 Å². The molecule has 0 N–H and O–H groups in total. The van der Waals surface area contributed by atoms with Gasteiger partial charge in [-0.25, -0.2) is 4.98 Å². The second-order valence-electron chi connectivity index (χ2n) is 6.63. The fourth-order valence-corrected chi connectivity index (χ4v) is 4.42. The maximum atomic E-state index is 13.3. The van der Waals surface area contributed by atoms with E-state index in [2.05, 4.69) is 4.90 Å². The Kier molecular flexibility index (Phi) is 5.24. The van der Waals surface area contributed by atoms with Gasteiger partial charge in [-0.3, -0.25) is 14.3 Å². The lowest BCUT2D eigenvalue weighted by molar-refractivity contribution is 0.0362. The largest absolute Gasteiger partial charge is 0.497 e. The van der Waals surface area contributed by atoms with Crippen LogP contribution in [-0.2, 0) is 11.3 Å². The van der Waals surface area contributed by atoms with Gasteiger partial charge in [-0.15, -0.1) is 11.3 Å². The minimum absolute atomic E-state index is 0.0397. The molecule has 3 heterocycles. The number of nitrogens with zero attached hydrogens (tertiary/aromatic N) is 3. The molecule has 0 saturated carbocycles. The summed E-state index contributed by atoms with van der Waals surface area (Å²) >= 11 is 1.52. The van der Waals surface area contributed by atoms with Crippen LogP contribution in [0.3, 0.4) is 0 Å². The van der Waals surface area contributed by atoms with Crippen molar-refractivity contribution in [3.05, 3.63) is 45.8 Å². The molecule has 1 saturated heterocycles. The molecular formula is C20H23N3O3S. The van der Waals surface area contributed by atoms with Crippen LogP contribution in [0.15, 0.2) is 34.4 Å². The Labute approximate surface area is 162 Å². The highest BCUT2D eigenvalue weighted by Crippen LogP contribution is 2.31. The van der Waals surface area contributed by atoms with E-state index in [0.717, 1.165) is 60.4 Å². The predicted octanol–water partition coefficient (Wildman–Crippen LogP) is 2.77. The fraction of sp³-hybridized carbons (Fsp3) is 0.400. The average Bonchev–Trinajstić information content (AvgIpc) is 3.12. The van der Waals surface area contributed by atoms with Crippen molar-refractivity contribution in [1.82, 2.24) is 14.5 Å². The second kappa shape index (κ2) is 7.80. The first-order chi connectivity index (χ1) is 13.2. The van der Waals surface area contributed by atoms with Crippen LogP contribution >= 0.6 is 11.3 Å². The van der Waals surface area contributed by atoms with Gasteiger partial charge in [0, 0.05) is 37.1 Å². The van der Waals surface area contributed by atoms with Crippen LogP contribution in [0.25, 0.3) is 21.3 Å². The van der Waals surface area contributed by atoms with Crippen molar-refractivity contribution >= 4 is 21.6 Å².